The molecule has 0 radical (unpaired) electrons. The molecule has 0 saturated heterocycles. The van der Waals surface area contributed by atoms with Gasteiger partial charge in [0.05, 0.1) is 6.61 Å². The number of aromatic nitrogens is 1. The molecule has 0 aliphatic rings. The van der Waals surface area contributed by atoms with Crippen LogP contribution in [0, 0.1) is 13.8 Å². The Balaban J connectivity index is 2.02. The fourth-order valence-corrected chi connectivity index (χ4v) is 2.20. The molecule has 5 nitrogen and oxygen atoms in total. The zero-order valence-electron chi connectivity index (χ0n) is 13.7. The maximum atomic E-state index is 12.1. The number of benzene rings is 1. The second kappa shape index (κ2) is 7.63. The van der Waals surface area contributed by atoms with Gasteiger partial charge in [-0.15, -0.1) is 0 Å². The van der Waals surface area contributed by atoms with Crippen LogP contribution in [0.25, 0.3) is 0 Å². The van der Waals surface area contributed by atoms with Gasteiger partial charge in [0.2, 0.25) is 0 Å². The van der Waals surface area contributed by atoms with Crippen molar-refractivity contribution >= 4 is 5.91 Å². The van der Waals surface area contributed by atoms with Crippen LogP contribution in [0.3, 0.4) is 0 Å². The van der Waals surface area contributed by atoms with Crippen molar-refractivity contribution in [2.45, 2.75) is 33.7 Å². The Morgan fingerprint density at radius 2 is 2.04 bits per heavy atom. The molecule has 1 aromatic carbocycles. The predicted octanol–water partition coefficient (Wildman–Crippen LogP) is 2.71. The van der Waals surface area contributed by atoms with E-state index in [1.807, 2.05) is 25.1 Å². The molecular weight excluding hydrogens is 292 g/mol. The third kappa shape index (κ3) is 4.45. The Labute approximate surface area is 135 Å². The average Bonchev–Trinajstić information content (AvgIpc) is 2.51. The number of rotatable bonds is 6. The fourth-order valence-electron chi connectivity index (χ4n) is 2.20. The van der Waals surface area contributed by atoms with Crippen molar-refractivity contribution in [3.8, 4) is 5.75 Å². The van der Waals surface area contributed by atoms with E-state index in [9.17, 15) is 9.59 Å². The maximum Gasteiger partial charge on any atom is 0.257 e. The molecular formula is C18H22N2O3. The highest BCUT2D eigenvalue weighted by Gasteiger charge is 2.10. The molecule has 1 heterocycles. The number of ether oxygens (including phenoxy) is 1. The first-order chi connectivity index (χ1) is 11.0. The number of aryl methyl sites for hydroxylation is 2. The zero-order chi connectivity index (χ0) is 16.8. The number of hydrogen-bond donors (Lipinski definition) is 2. The van der Waals surface area contributed by atoms with E-state index in [2.05, 4.69) is 17.2 Å². The number of nitrogens with one attached hydrogen (secondary N) is 2. The van der Waals surface area contributed by atoms with Crippen LogP contribution in [0.1, 0.15) is 40.5 Å². The molecule has 1 amide bonds. The van der Waals surface area contributed by atoms with E-state index >= 15 is 0 Å². The lowest BCUT2D eigenvalue weighted by Crippen LogP contribution is -2.28. The SMILES string of the molecule is CCCOc1ccc(CNC(=O)c2c[nH]c(C)cc2=O)c(C)c1. The molecule has 5 heteroatoms. The maximum absolute atomic E-state index is 12.1. The number of hydrogen-bond acceptors (Lipinski definition) is 3. The smallest absolute Gasteiger partial charge is 0.257 e. The van der Waals surface area contributed by atoms with Crippen LogP contribution in [0.2, 0.25) is 0 Å². The number of carbonyl (C=O) groups is 1. The van der Waals surface area contributed by atoms with Crippen LogP contribution in [-0.4, -0.2) is 17.5 Å². The molecule has 2 N–H and O–H groups in total. The quantitative estimate of drug-likeness (QED) is 0.861. The number of H-pyrrole nitrogens is 1. The van der Waals surface area contributed by atoms with Gasteiger partial charge in [0.1, 0.15) is 11.3 Å². The molecule has 2 aromatic rings. The summed E-state index contributed by atoms with van der Waals surface area (Å²) in [6.07, 6.45) is 2.41. The van der Waals surface area contributed by atoms with Crippen molar-refractivity contribution in [3.05, 3.63) is 63.1 Å². The Hall–Kier alpha value is -2.56. The summed E-state index contributed by atoms with van der Waals surface area (Å²) in [4.78, 5) is 26.8. The lowest BCUT2D eigenvalue weighted by molar-refractivity contribution is 0.0949. The van der Waals surface area contributed by atoms with E-state index in [1.54, 1.807) is 6.92 Å². The summed E-state index contributed by atoms with van der Waals surface area (Å²) in [6, 6.07) is 7.19. The Morgan fingerprint density at radius 1 is 1.26 bits per heavy atom. The summed E-state index contributed by atoms with van der Waals surface area (Å²) >= 11 is 0. The second-order valence-electron chi connectivity index (χ2n) is 5.51. The van der Waals surface area contributed by atoms with Crippen molar-refractivity contribution in [1.29, 1.82) is 0 Å². The van der Waals surface area contributed by atoms with Gasteiger partial charge in [-0.05, 0) is 43.5 Å². The van der Waals surface area contributed by atoms with Gasteiger partial charge in [-0.25, -0.2) is 0 Å². The summed E-state index contributed by atoms with van der Waals surface area (Å²) in [7, 11) is 0. The van der Waals surface area contributed by atoms with Crippen LogP contribution in [0.5, 0.6) is 5.75 Å². The number of amides is 1. The van der Waals surface area contributed by atoms with E-state index in [1.165, 1.54) is 12.3 Å². The predicted molar refractivity (Wildman–Crippen MR) is 89.9 cm³/mol. The first kappa shape index (κ1) is 16.8. The zero-order valence-corrected chi connectivity index (χ0v) is 13.7. The third-order valence-electron chi connectivity index (χ3n) is 3.53. The van der Waals surface area contributed by atoms with Crippen molar-refractivity contribution in [1.82, 2.24) is 10.3 Å². The highest BCUT2D eigenvalue weighted by Crippen LogP contribution is 2.17. The van der Waals surface area contributed by atoms with Gasteiger partial charge in [-0.2, -0.15) is 0 Å². The first-order valence-electron chi connectivity index (χ1n) is 7.71. The van der Waals surface area contributed by atoms with E-state index < -0.39 is 0 Å². The summed E-state index contributed by atoms with van der Waals surface area (Å²) in [5, 5.41) is 2.78. The van der Waals surface area contributed by atoms with E-state index in [0.29, 0.717) is 13.2 Å². The Kier molecular flexibility index (Phi) is 5.57. The lowest BCUT2D eigenvalue weighted by atomic mass is 10.1. The molecule has 0 unspecified atom stereocenters. The Morgan fingerprint density at radius 3 is 2.70 bits per heavy atom. The number of carbonyl (C=O) groups excluding carboxylic acids is 1. The van der Waals surface area contributed by atoms with Crippen LogP contribution < -0.4 is 15.5 Å². The van der Waals surface area contributed by atoms with Gasteiger partial charge in [0.15, 0.2) is 5.43 Å². The second-order valence-corrected chi connectivity index (χ2v) is 5.51. The van der Waals surface area contributed by atoms with Gasteiger partial charge in [0.25, 0.3) is 5.91 Å². The number of aromatic amines is 1. The van der Waals surface area contributed by atoms with Crippen LogP contribution in [0.4, 0.5) is 0 Å². The summed E-state index contributed by atoms with van der Waals surface area (Å²) in [6.45, 7) is 6.86. The van der Waals surface area contributed by atoms with Crippen LogP contribution in [-0.2, 0) is 6.54 Å². The molecule has 1 aromatic heterocycles. The monoisotopic (exact) mass is 314 g/mol. The highest BCUT2D eigenvalue weighted by molar-refractivity contribution is 5.93. The van der Waals surface area contributed by atoms with Gasteiger partial charge < -0.3 is 15.0 Å². The topological polar surface area (TPSA) is 71.2 Å². The molecule has 0 atom stereocenters. The summed E-state index contributed by atoms with van der Waals surface area (Å²) in [5.74, 6) is 0.450. The summed E-state index contributed by atoms with van der Waals surface area (Å²) in [5.41, 5.74) is 2.60. The van der Waals surface area contributed by atoms with Gasteiger partial charge >= 0.3 is 0 Å². The minimum Gasteiger partial charge on any atom is -0.494 e. The minimum atomic E-state index is -0.378. The Bertz CT molecular complexity index is 750. The molecule has 2 rings (SSSR count). The first-order valence-corrected chi connectivity index (χ1v) is 7.71. The van der Waals surface area contributed by atoms with Crippen LogP contribution in [0.15, 0.2) is 35.3 Å². The van der Waals surface area contributed by atoms with Gasteiger partial charge in [-0.1, -0.05) is 13.0 Å². The molecule has 23 heavy (non-hydrogen) atoms. The van der Waals surface area contributed by atoms with Crippen molar-refractivity contribution < 1.29 is 9.53 Å². The molecule has 0 saturated carbocycles. The average molecular weight is 314 g/mol. The van der Waals surface area contributed by atoms with Crippen molar-refractivity contribution in [2.75, 3.05) is 6.61 Å². The van der Waals surface area contributed by atoms with Crippen molar-refractivity contribution in [3.63, 3.8) is 0 Å². The molecule has 0 bridgehead atoms. The molecule has 0 spiro atoms. The van der Waals surface area contributed by atoms with E-state index in [4.69, 9.17) is 4.74 Å². The minimum absolute atomic E-state index is 0.121. The van der Waals surface area contributed by atoms with Crippen LogP contribution >= 0.6 is 0 Å². The normalized spacial score (nSPS) is 10.4. The van der Waals surface area contributed by atoms with Gasteiger partial charge in [0, 0.05) is 24.5 Å². The summed E-state index contributed by atoms with van der Waals surface area (Å²) < 4.78 is 5.58. The molecule has 0 aliphatic heterocycles. The highest BCUT2D eigenvalue weighted by atomic mass is 16.5. The molecule has 0 aliphatic carbocycles. The standard InChI is InChI=1S/C18H22N2O3/c1-4-7-23-15-6-5-14(12(2)8-15)10-20-18(22)16-11-19-13(3)9-17(16)21/h5-6,8-9,11H,4,7,10H2,1-3H3,(H,19,21)(H,20,22). The van der Waals surface area contributed by atoms with Crippen molar-refractivity contribution in [2.24, 2.45) is 0 Å². The van der Waals surface area contributed by atoms with E-state index in [-0.39, 0.29) is 16.9 Å². The largest absolute Gasteiger partial charge is 0.494 e. The molecule has 0 fully saturated rings. The molecule has 122 valence electrons. The van der Waals surface area contributed by atoms with Gasteiger partial charge in [-0.3, -0.25) is 9.59 Å². The fraction of sp³-hybridized carbons (Fsp3) is 0.333. The third-order valence-corrected chi connectivity index (χ3v) is 3.53. The lowest BCUT2D eigenvalue weighted by Gasteiger charge is -2.11. The number of pyridine rings is 1. The van der Waals surface area contributed by atoms with E-state index in [0.717, 1.165) is 29.0 Å².